The smallest absolute Gasteiger partial charge is 0.149 e. The van der Waals surface area contributed by atoms with E-state index in [1.807, 2.05) is 0 Å². The van der Waals surface area contributed by atoms with E-state index in [2.05, 4.69) is 11.9 Å². The molecule has 0 unspecified atom stereocenters. The number of benzene rings is 1. The molecule has 0 saturated carbocycles. The van der Waals surface area contributed by atoms with Gasteiger partial charge in [-0.05, 0) is 24.8 Å². The highest BCUT2D eigenvalue weighted by atomic mass is 19.1. The minimum atomic E-state index is -0.604. The minimum Gasteiger partial charge on any atom is -0.360 e. The zero-order valence-electron chi connectivity index (χ0n) is 6.70. The van der Waals surface area contributed by atoms with Gasteiger partial charge < -0.3 is 5.32 Å². The third-order valence-corrected chi connectivity index (χ3v) is 1.50. The number of rotatable bonds is 2. The van der Waals surface area contributed by atoms with Crippen molar-refractivity contribution >= 4 is 5.69 Å². The summed E-state index contributed by atoms with van der Waals surface area (Å²) in [6.45, 7) is 5.01. The number of hydrogen-bond donors (Lipinski definition) is 1. The van der Waals surface area contributed by atoms with E-state index in [9.17, 15) is 8.78 Å². The molecule has 0 radical (unpaired) electrons. The van der Waals surface area contributed by atoms with Crippen molar-refractivity contribution in [3.05, 3.63) is 42.1 Å². The van der Waals surface area contributed by atoms with Crippen molar-refractivity contribution in [2.24, 2.45) is 0 Å². The molecule has 1 nitrogen and oxygen atoms in total. The maximum Gasteiger partial charge on any atom is 0.149 e. The number of aryl methyl sites for hydroxylation is 1. The summed E-state index contributed by atoms with van der Waals surface area (Å²) in [4.78, 5) is 0. The summed E-state index contributed by atoms with van der Waals surface area (Å²) in [7, 11) is 0. The molecule has 0 aliphatic heterocycles. The lowest BCUT2D eigenvalue weighted by atomic mass is 10.2. The molecule has 1 aromatic rings. The first-order valence-corrected chi connectivity index (χ1v) is 3.48. The first-order chi connectivity index (χ1) is 5.65. The summed E-state index contributed by atoms with van der Waals surface area (Å²) >= 11 is 0. The highest BCUT2D eigenvalue weighted by Crippen LogP contribution is 2.20. The van der Waals surface area contributed by atoms with Gasteiger partial charge in [0, 0.05) is 6.07 Å². The molecular weight excluding hydrogens is 160 g/mol. The topological polar surface area (TPSA) is 12.0 Å². The predicted octanol–water partition coefficient (Wildman–Crippen LogP) is 2.83. The Bertz CT molecular complexity index is 284. The normalized spacial score (nSPS) is 9.58. The maximum absolute atomic E-state index is 12.9. The van der Waals surface area contributed by atoms with Crippen LogP contribution in [-0.4, -0.2) is 0 Å². The number of halogens is 2. The number of anilines is 1. The van der Waals surface area contributed by atoms with Crippen LogP contribution < -0.4 is 5.32 Å². The van der Waals surface area contributed by atoms with Gasteiger partial charge in [-0.25, -0.2) is 8.78 Å². The first-order valence-electron chi connectivity index (χ1n) is 3.48. The average Bonchev–Trinajstić information content (AvgIpc) is 1.96. The summed E-state index contributed by atoms with van der Waals surface area (Å²) in [6, 6.07) is 2.09. The van der Waals surface area contributed by atoms with Gasteiger partial charge in [-0.3, -0.25) is 0 Å². The van der Waals surface area contributed by atoms with Crippen molar-refractivity contribution in [2.45, 2.75) is 6.92 Å². The van der Waals surface area contributed by atoms with Crippen LogP contribution in [0.1, 0.15) is 5.56 Å². The monoisotopic (exact) mass is 169 g/mol. The van der Waals surface area contributed by atoms with E-state index in [-0.39, 0.29) is 5.69 Å². The molecule has 12 heavy (non-hydrogen) atoms. The highest BCUT2D eigenvalue weighted by Gasteiger charge is 2.05. The molecule has 0 spiro atoms. The zero-order chi connectivity index (χ0) is 9.14. The molecule has 0 amide bonds. The quantitative estimate of drug-likeness (QED) is 0.717. The van der Waals surface area contributed by atoms with Crippen LogP contribution >= 0.6 is 0 Å². The molecular formula is C9H9F2N. The second-order valence-corrected chi connectivity index (χ2v) is 2.43. The summed E-state index contributed by atoms with van der Waals surface area (Å²) in [6.07, 6.45) is 1.35. The second-order valence-electron chi connectivity index (χ2n) is 2.43. The van der Waals surface area contributed by atoms with E-state index in [1.54, 1.807) is 6.92 Å². The molecule has 0 atom stereocenters. The molecule has 0 saturated heterocycles. The van der Waals surface area contributed by atoms with Gasteiger partial charge in [-0.15, -0.1) is 0 Å². The summed E-state index contributed by atoms with van der Waals surface area (Å²) < 4.78 is 25.5. The molecule has 0 heterocycles. The maximum atomic E-state index is 12.9. The Balaban J connectivity index is 3.18. The third kappa shape index (κ3) is 1.61. The third-order valence-electron chi connectivity index (χ3n) is 1.50. The first kappa shape index (κ1) is 8.71. The van der Waals surface area contributed by atoms with Gasteiger partial charge in [0.25, 0.3) is 0 Å². The standard InChI is InChI=1S/C9H9F2N/c1-3-12-9-6(2)4-7(10)5-8(9)11/h3-5,12H,1H2,2H3. The van der Waals surface area contributed by atoms with E-state index in [1.165, 1.54) is 12.3 Å². The van der Waals surface area contributed by atoms with Gasteiger partial charge in [-0.1, -0.05) is 6.58 Å². The Kier molecular flexibility index (Phi) is 2.43. The van der Waals surface area contributed by atoms with Crippen LogP contribution in [-0.2, 0) is 0 Å². The summed E-state index contributed by atoms with van der Waals surface area (Å²) in [5.41, 5.74) is 0.791. The van der Waals surface area contributed by atoms with Crippen LogP contribution in [0.25, 0.3) is 0 Å². The minimum absolute atomic E-state index is 0.270. The van der Waals surface area contributed by atoms with Crippen LogP contribution in [0.5, 0.6) is 0 Å². The fourth-order valence-corrected chi connectivity index (χ4v) is 0.987. The van der Waals surface area contributed by atoms with Crippen molar-refractivity contribution in [3.63, 3.8) is 0 Å². The van der Waals surface area contributed by atoms with E-state index < -0.39 is 11.6 Å². The average molecular weight is 169 g/mol. The molecule has 1 rings (SSSR count). The van der Waals surface area contributed by atoms with Crippen molar-refractivity contribution < 1.29 is 8.78 Å². The second kappa shape index (κ2) is 3.34. The molecule has 0 bridgehead atoms. The van der Waals surface area contributed by atoms with E-state index in [0.717, 1.165) is 6.07 Å². The van der Waals surface area contributed by atoms with Gasteiger partial charge in [0.2, 0.25) is 0 Å². The molecule has 3 heteroatoms. The largest absolute Gasteiger partial charge is 0.360 e. The molecule has 1 aromatic carbocycles. The zero-order valence-corrected chi connectivity index (χ0v) is 6.70. The van der Waals surface area contributed by atoms with Gasteiger partial charge in [0.15, 0.2) is 0 Å². The van der Waals surface area contributed by atoms with Gasteiger partial charge in [-0.2, -0.15) is 0 Å². The Morgan fingerprint density at radius 1 is 1.42 bits per heavy atom. The van der Waals surface area contributed by atoms with E-state index >= 15 is 0 Å². The molecule has 1 N–H and O–H groups in total. The lowest BCUT2D eigenvalue weighted by Crippen LogP contribution is -1.95. The van der Waals surface area contributed by atoms with E-state index in [0.29, 0.717) is 5.56 Å². The van der Waals surface area contributed by atoms with Crippen LogP contribution in [0.3, 0.4) is 0 Å². The molecule has 0 aliphatic carbocycles. The fraction of sp³-hybridized carbons (Fsp3) is 0.111. The Morgan fingerprint density at radius 3 is 2.58 bits per heavy atom. The van der Waals surface area contributed by atoms with Gasteiger partial charge >= 0.3 is 0 Å². The summed E-state index contributed by atoms with van der Waals surface area (Å²) in [5.74, 6) is -1.17. The van der Waals surface area contributed by atoms with Crippen molar-refractivity contribution in [1.82, 2.24) is 0 Å². The SMILES string of the molecule is C=CNc1c(C)cc(F)cc1F. The van der Waals surface area contributed by atoms with Crippen molar-refractivity contribution in [3.8, 4) is 0 Å². The highest BCUT2D eigenvalue weighted by molar-refractivity contribution is 5.53. The molecule has 0 aromatic heterocycles. The van der Waals surface area contributed by atoms with Crippen LogP contribution in [0.2, 0.25) is 0 Å². The van der Waals surface area contributed by atoms with E-state index in [4.69, 9.17) is 0 Å². The van der Waals surface area contributed by atoms with Gasteiger partial charge in [0.1, 0.15) is 11.6 Å². The van der Waals surface area contributed by atoms with Crippen LogP contribution in [0.4, 0.5) is 14.5 Å². The van der Waals surface area contributed by atoms with Gasteiger partial charge in [0.05, 0.1) is 5.69 Å². The van der Waals surface area contributed by atoms with Crippen molar-refractivity contribution in [1.29, 1.82) is 0 Å². The Hall–Kier alpha value is -1.38. The fourth-order valence-electron chi connectivity index (χ4n) is 0.987. The predicted molar refractivity (Wildman–Crippen MR) is 44.9 cm³/mol. The molecule has 64 valence electrons. The lowest BCUT2D eigenvalue weighted by Gasteiger charge is -2.06. The molecule has 0 aliphatic rings. The Morgan fingerprint density at radius 2 is 2.08 bits per heavy atom. The van der Waals surface area contributed by atoms with Crippen LogP contribution in [0.15, 0.2) is 24.9 Å². The lowest BCUT2D eigenvalue weighted by molar-refractivity contribution is 0.584. The molecule has 0 fully saturated rings. The number of nitrogens with one attached hydrogen (secondary N) is 1. The number of hydrogen-bond acceptors (Lipinski definition) is 1. The van der Waals surface area contributed by atoms with Crippen molar-refractivity contribution in [2.75, 3.05) is 5.32 Å². The summed E-state index contributed by atoms with van der Waals surface area (Å²) in [5, 5.41) is 2.59. The van der Waals surface area contributed by atoms with Crippen LogP contribution in [0, 0.1) is 18.6 Å². The Labute approximate surface area is 69.7 Å².